The Hall–Kier alpha value is 0.628. The summed E-state index contributed by atoms with van der Waals surface area (Å²) in [6.45, 7) is 20.8. The highest BCUT2D eigenvalue weighted by Gasteiger charge is 2.55. The van der Waals surface area contributed by atoms with Crippen molar-refractivity contribution in [3.63, 3.8) is 0 Å². The minimum Gasteiger partial charge on any atom is -0.404 e. The molecule has 2 N–H and O–H groups in total. The average molecular weight is 383 g/mol. The van der Waals surface area contributed by atoms with Crippen molar-refractivity contribution in [2.24, 2.45) is 0 Å². The third-order valence-electron chi connectivity index (χ3n) is 2.86. The lowest BCUT2D eigenvalue weighted by Crippen LogP contribution is -2.74. The van der Waals surface area contributed by atoms with E-state index in [1.54, 1.807) is 0 Å². The first-order valence-electron chi connectivity index (χ1n) is 8.02. The second-order valence-corrected chi connectivity index (χ2v) is 20.9. The molecule has 0 saturated carbocycles. The van der Waals surface area contributed by atoms with Crippen molar-refractivity contribution in [3.8, 4) is 0 Å². The molecule has 6 nitrogen and oxygen atoms in total. The molecule has 1 saturated heterocycles. The van der Waals surface area contributed by atoms with Gasteiger partial charge in [0, 0.05) is 0 Å². The van der Waals surface area contributed by atoms with Gasteiger partial charge >= 0.3 is 34.6 Å². The van der Waals surface area contributed by atoms with Gasteiger partial charge in [-0.15, -0.1) is 0 Å². The van der Waals surface area contributed by atoms with Gasteiger partial charge in [0.1, 0.15) is 0 Å². The monoisotopic (exact) mass is 382 g/mol. The van der Waals surface area contributed by atoms with Gasteiger partial charge in [-0.05, 0) is 51.4 Å². The first-order chi connectivity index (χ1) is 9.66. The number of nitrogens with one attached hydrogen (secondary N) is 2. The van der Waals surface area contributed by atoms with Crippen LogP contribution < -0.4 is 9.96 Å². The van der Waals surface area contributed by atoms with E-state index in [1.165, 1.54) is 0 Å². The molecule has 0 aromatic rings. The Kier molecular flexibility index (Phi) is 6.45. The fourth-order valence-electron chi connectivity index (χ4n) is 3.13. The summed E-state index contributed by atoms with van der Waals surface area (Å²) in [4.78, 5) is 7.01. The topological polar surface area (TPSA) is 61.0 Å². The normalized spacial score (nSPS) is 35.5. The van der Waals surface area contributed by atoms with Crippen LogP contribution in [-0.2, 0) is 16.5 Å². The molecule has 0 spiro atoms. The van der Waals surface area contributed by atoms with Crippen LogP contribution in [0, 0.1) is 0 Å². The molecule has 22 heavy (non-hydrogen) atoms. The highest BCUT2D eigenvalue weighted by Crippen LogP contribution is 2.29. The molecule has 1 rings (SSSR count). The van der Waals surface area contributed by atoms with Gasteiger partial charge in [0.05, 0.1) is 0 Å². The van der Waals surface area contributed by atoms with Gasteiger partial charge in [-0.25, -0.2) is 0 Å². The molecule has 10 heteroatoms. The molecule has 1 aliphatic heterocycles. The highest BCUT2D eigenvalue weighted by atomic mass is 28.5. The Morgan fingerprint density at radius 2 is 0.773 bits per heavy atom. The Morgan fingerprint density at radius 1 is 0.545 bits per heavy atom. The van der Waals surface area contributed by atoms with E-state index in [0.717, 1.165) is 0 Å². The zero-order chi connectivity index (χ0) is 17.4. The molecule has 0 radical (unpaired) electrons. The van der Waals surface area contributed by atoms with Crippen molar-refractivity contribution in [2.75, 3.05) is 0 Å². The minimum atomic E-state index is -2.54. The Bertz CT molecular complexity index is 341. The molecule has 0 amide bonds. The molecular formula is C12H34N2O4Si4. The van der Waals surface area contributed by atoms with Gasteiger partial charge in [-0.2, -0.15) is 0 Å². The van der Waals surface area contributed by atoms with Gasteiger partial charge < -0.3 is 16.5 Å². The molecule has 0 unspecified atom stereocenters. The van der Waals surface area contributed by atoms with Gasteiger partial charge in [-0.3, -0.25) is 9.96 Å². The third-order valence-corrected chi connectivity index (χ3v) is 19.2. The predicted molar refractivity (Wildman–Crippen MR) is 99.1 cm³/mol. The van der Waals surface area contributed by atoms with Crippen molar-refractivity contribution >= 4 is 34.6 Å². The predicted octanol–water partition coefficient (Wildman–Crippen LogP) is 2.60. The minimum absolute atomic E-state index is 0.295. The van der Waals surface area contributed by atoms with Gasteiger partial charge in [-0.1, -0.05) is 27.7 Å². The Balaban J connectivity index is 3.10. The SMILES string of the molecule is CC(C)N[Si]1(C)O[Si](C)(C)O[Si](C)(NC(C)C)O[Si](C)(C)O1. The summed E-state index contributed by atoms with van der Waals surface area (Å²) in [5, 5.41) is 0. The van der Waals surface area contributed by atoms with Crippen LogP contribution in [0.5, 0.6) is 0 Å². The molecule has 0 aromatic heterocycles. The van der Waals surface area contributed by atoms with Crippen LogP contribution in [0.1, 0.15) is 27.7 Å². The maximum Gasteiger partial charge on any atom is 0.404 e. The first-order valence-corrected chi connectivity index (χ1v) is 18.3. The smallest absolute Gasteiger partial charge is 0.404 e. The van der Waals surface area contributed by atoms with Gasteiger partial charge in [0.15, 0.2) is 0 Å². The molecule has 1 heterocycles. The zero-order valence-corrected chi connectivity index (χ0v) is 19.8. The molecule has 0 bridgehead atoms. The van der Waals surface area contributed by atoms with Crippen molar-refractivity contribution in [2.45, 2.75) is 79.1 Å². The van der Waals surface area contributed by atoms with E-state index < -0.39 is 34.6 Å². The third kappa shape index (κ3) is 6.63. The van der Waals surface area contributed by atoms with Crippen LogP contribution in [0.3, 0.4) is 0 Å². The summed E-state index contributed by atoms with van der Waals surface area (Å²) in [7, 11) is -9.81. The van der Waals surface area contributed by atoms with Crippen molar-refractivity contribution in [1.82, 2.24) is 9.96 Å². The molecule has 0 aromatic carbocycles. The number of hydrogen-bond acceptors (Lipinski definition) is 6. The summed E-state index contributed by atoms with van der Waals surface area (Å²) in [6, 6.07) is 0.589. The van der Waals surface area contributed by atoms with Gasteiger partial charge in [0.2, 0.25) is 0 Å². The molecular weight excluding hydrogens is 348 g/mol. The van der Waals surface area contributed by atoms with Crippen LogP contribution >= 0.6 is 0 Å². The lowest BCUT2D eigenvalue weighted by Gasteiger charge is -2.48. The van der Waals surface area contributed by atoms with Crippen LogP contribution in [0.4, 0.5) is 0 Å². The summed E-state index contributed by atoms with van der Waals surface area (Å²) in [6.07, 6.45) is 0. The maximum atomic E-state index is 6.46. The molecule has 0 aliphatic carbocycles. The summed E-state index contributed by atoms with van der Waals surface area (Å²) in [5.41, 5.74) is 0. The van der Waals surface area contributed by atoms with E-state index in [4.69, 9.17) is 16.5 Å². The van der Waals surface area contributed by atoms with Crippen LogP contribution in [0.25, 0.3) is 0 Å². The Labute approximate surface area is 140 Å². The molecule has 0 atom stereocenters. The van der Waals surface area contributed by atoms with E-state index in [-0.39, 0.29) is 0 Å². The van der Waals surface area contributed by atoms with E-state index in [0.29, 0.717) is 12.1 Å². The van der Waals surface area contributed by atoms with E-state index >= 15 is 0 Å². The average Bonchev–Trinajstić information content (AvgIpc) is 2.03. The number of rotatable bonds is 4. The highest BCUT2D eigenvalue weighted by molar-refractivity contribution is 6.92. The van der Waals surface area contributed by atoms with Crippen molar-refractivity contribution < 1.29 is 16.5 Å². The second-order valence-electron chi connectivity index (χ2n) is 7.70. The van der Waals surface area contributed by atoms with Crippen LogP contribution in [-0.4, -0.2) is 46.7 Å². The van der Waals surface area contributed by atoms with Crippen molar-refractivity contribution in [1.29, 1.82) is 0 Å². The molecule has 132 valence electrons. The molecule has 1 aliphatic rings. The van der Waals surface area contributed by atoms with E-state index in [9.17, 15) is 0 Å². The lowest BCUT2D eigenvalue weighted by atomic mass is 10.4. The molecule has 1 fully saturated rings. The number of hydrogen-bond donors (Lipinski definition) is 2. The Morgan fingerprint density at radius 3 is 0.955 bits per heavy atom. The zero-order valence-electron chi connectivity index (χ0n) is 15.8. The second kappa shape index (κ2) is 6.86. The first kappa shape index (κ1) is 20.7. The van der Waals surface area contributed by atoms with Crippen LogP contribution in [0.2, 0.25) is 39.3 Å². The summed E-state index contributed by atoms with van der Waals surface area (Å²) >= 11 is 0. The van der Waals surface area contributed by atoms with Crippen molar-refractivity contribution in [3.05, 3.63) is 0 Å². The van der Waals surface area contributed by atoms with E-state index in [1.807, 2.05) is 0 Å². The van der Waals surface area contributed by atoms with Crippen LogP contribution in [0.15, 0.2) is 0 Å². The maximum absolute atomic E-state index is 6.46. The van der Waals surface area contributed by atoms with E-state index in [2.05, 4.69) is 76.9 Å². The fourth-order valence-corrected chi connectivity index (χ4v) is 23.3. The standard InChI is InChI=1S/C12H34N2O4Si4/c1-11(2)13-21(9)15-19(5,6)17-22(10,14-12(3)4)18-20(7,8)16-21/h11-14H,1-10H3. The largest absolute Gasteiger partial charge is 0.404 e. The summed E-state index contributed by atoms with van der Waals surface area (Å²) < 4.78 is 25.8. The summed E-state index contributed by atoms with van der Waals surface area (Å²) in [5.74, 6) is 0. The fraction of sp³-hybridized carbons (Fsp3) is 1.00. The quantitative estimate of drug-likeness (QED) is 0.729. The lowest BCUT2D eigenvalue weighted by molar-refractivity contribution is 0.213. The van der Waals surface area contributed by atoms with Gasteiger partial charge in [0.25, 0.3) is 0 Å².